The number of hydrogen-bond donors (Lipinski definition) is 0. The number of hydrogen-bond acceptors (Lipinski definition) is 7. The van der Waals surface area contributed by atoms with Crippen LogP contribution in [0.15, 0.2) is 18.6 Å². The van der Waals surface area contributed by atoms with Crippen LogP contribution in [0.3, 0.4) is 0 Å². The van der Waals surface area contributed by atoms with Crippen molar-refractivity contribution in [1.29, 1.82) is 5.26 Å². The van der Waals surface area contributed by atoms with Crippen molar-refractivity contribution in [3.63, 3.8) is 0 Å². The Bertz CT molecular complexity index is 1150. The van der Waals surface area contributed by atoms with Gasteiger partial charge in [-0.25, -0.2) is 15.0 Å². The SMILES string of the molecule is Cc1cc(-c2nc(C#N)nc3c2ncn3C)cnc1OCCC1CCN(C(C)(C)C)CC1. The van der Waals surface area contributed by atoms with E-state index in [-0.39, 0.29) is 11.4 Å². The molecule has 3 aromatic heterocycles. The Labute approximate surface area is 189 Å². The molecular weight excluding hydrogens is 402 g/mol. The summed E-state index contributed by atoms with van der Waals surface area (Å²) in [5.41, 5.74) is 3.88. The summed E-state index contributed by atoms with van der Waals surface area (Å²) in [6.07, 6.45) is 6.91. The summed E-state index contributed by atoms with van der Waals surface area (Å²) in [6, 6.07) is 4.02. The summed E-state index contributed by atoms with van der Waals surface area (Å²) in [7, 11) is 1.85. The standard InChI is InChI=1S/C24H31N7O/c1-16-12-18(20-21-22(30(5)15-27-21)29-19(13-25)28-20)14-26-23(16)32-11-8-17-6-9-31(10-7-17)24(2,3)4/h12,14-15,17H,6-11H2,1-5H3. The van der Waals surface area contributed by atoms with Gasteiger partial charge in [0.2, 0.25) is 11.7 Å². The predicted octanol–water partition coefficient (Wildman–Crippen LogP) is 3.88. The van der Waals surface area contributed by atoms with Crippen LogP contribution in [0.5, 0.6) is 5.88 Å². The Morgan fingerprint density at radius 2 is 1.94 bits per heavy atom. The molecule has 0 amide bonds. The summed E-state index contributed by atoms with van der Waals surface area (Å²) in [6.45, 7) is 11.8. The molecule has 0 N–H and O–H groups in total. The van der Waals surface area contributed by atoms with E-state index < -0.39 is 0 Å². The molecule has 1 aliphatic rings. The summed E-state index contributed by atoms with van der Waals surface area (Å²) >= 11 is 0. The highest BCUT2D eigenvalue weighted by atomic mass is 16.5. The Kier molecular flexibility index (Phi) is 6.11. The smallest absolute Gasteiger partial charge is 0.234 e. The van der Waals surface area contributed by atoms with Crippen LogP contribution in [0.1, 0.15) is 51.4 Å². The second-order valence-electron chi connectivity index (χ2n) is 9.62. The zero-order valence-electron chi connectivity index (χ0n) is 19.6. The summed E-state index contributed by atoms with van der Waals surface area (Å²) < 4.78 is 7.81. The van der Waals surface area contributed by atoms with Gasteiger partial charge in [-0.05, 0) is 72.0 Å². The molecule has 1 aliphatic heterocycles. The average molecular weight is 434 g/mol. The average Bonchev–Trinajstić information content (AvgIpc) is 3.14. The molecule has 4 heterocycles. The van der Waals surface area contributed by atoms with Gasteiger partial charge in [0.25, 0.3) is 0 Å². The lowest BCUT2D eigenvalue weighted by molar-refractivity contribution is 0.0808. The maximum absolute atomic E-state index is 9.31. The molecule has 0 atom stereocenters. The van der Waals surface area contributed by atoms with Crippen LogP contribution in [0, 0.1) is 24.2 Å². The molecule has 4 rings (SSSR count). The minimum Gasteiger partial charge on any atom is -0.477 e. The molecule has 1 saturated heterocycles. The zero-order valence-corrected chi connectivity index (χ0v) is 19.6. The van der Waals surface area contributed by atoms with Crippen LogP contribution in [-0.2, 0) is 7.05 Å². The van der Waals surface area contributed by atoms with Crippen molar-refractivity contribution < 1.29 is 4.74 Å². The lowest BCUT2D eigenvalue weighted by Gasteiger charge is -2.40. The number of aromatic nitrogens is 5. The molecule has 0 spiro atoms. The lowest BCUT2D eigenvalue weighted by atomic mass is 9.91. The number of imidazole rings is 1. The number of aryl methyl sites for hydroxylation is 2. The van der Waals surface area contributed by atoms with E-state index in [0.29, 0.717) is 35.3 Å². The number of piperidine rings is 1. The Balaban J connectivity index is 1.42. The van der Waals surface area contributed by atoms with Gasteiger partial charge in [0, 0.05) is 29.9 Å². The van der Waals surface area contributed by atoms with Gasteiger partial charge in [-0.2, -0.15) is 10.2 Å². The van der Waals surface area contributed by atoms with Crippen molar-refractivity contribution in [3.8, 4) is 23.2 Å². The Hall–Kier alpha value is -3.05. The van der Waals surface area contributed by atoms with Gasteiger partial charge in [0.05, 0.1) is 12.9 Å². The van der Waals surface area contributed by atoms with Crippen LogP contribution in [0.2, 0.25) is 0 Å². The zero-order chi connectivity index (χ0) is 22.9. The second-order valence-corrected chi connectivity index (χ2v) is 9.62. The fourth-order valence-corrected chi connectivity index (χ4v) is 4.32. The van der Waals surface area contributed by atoms with Crippen molar-refractivity contribution >= 4 is 11.2 Å². The van der Waals surface area contributed by atoms with E-state index in [1.165, 1.54) is 12.8 Å². The van der Waals surface area contributed by atoms with E-state index in [2.05, 4.69) is 45.6 Å². The Morgan fingerprint density at radius 3 is 2.59 bits per heavy atom. The molecule has 32 heavy (non-hydrogen) atoms. The lowest BCUT2D eigenvalue weighted by Crippen LogP contribution is -2.46. The van der Waals surface area contributed by atoms with Crippen LogP contribution < -0.4 is 4.74 Å². The minimum absolute atomic E-state index is 0.117. The fourth-order valence-electron chi connectivity index (χ4n) is 4.32. The maximum atomic E-state index is 9.31. The number of fused-ring (bicyclic) bond motifs is 1. The first kappa shape index (κ1) is 22.2. The maximum Gasteiger partial charge on any atom is 0.234 e. The third-order valence-corrected chi connectivity index (χ3v) is 6.29. The number of rotatable bonds is 5. The van der Waals surface area contributed by atoms with Gasteiger partial charge in [-0.15, -0.1) is 0 Å². The van der Waals surface area contributed by atoms with Crippen molar-refractivity contribution in [2.45, 2.75) is 52.5 Å². The third-order valence-electron chi connectivity index (χ3n) is 6.29. The van der Waals surface area contributed by atoms with E-state index in [4.69, 9.17) is 4.74 Å². The molecule has 8 heteroatoms. The van der Waals surface area contributed by atoms with Gasteiger partial charge in [0.15, 0.2) is 5.65 Å². The first-order chi connectivity index (χ1) is 15.3. The van der Waals surface area contributed by atoms with Gasteiger partial charge >= 0.3 is 0 Å². The normalized spacial score (nSPS) is 15.8. The van der Waals surface area contributed by atoms with Crippen molar-refractivity contribution in [3.05, 3.63) is 30.0 Å². The molecule has 0 aliphatic carbocycles. The van der Waals surface area contributed by atoms with Crippen LogP contribution in [-0.4, -0.2) is 54.6 Å². The molecule has 8 nitrogen and oxygen atoms in total. The first-order valence-corrected chi connectivity index (χ1v) is 11.2. The van der Waals surface area contributed by atoms with E-state index in [1.807, 2.05) is 26.1 Å². The van der Waals surface area contributed by atoms with Gasteiger partial charge in [0.1, 0.15) is 17.3 Å². The van der Waals surface area contributed by atoms with Gasteiger partial charge < -0.3 is 9.30 Å². The number of pyridine rings is 1. The highest BCUT2D eigenvalue weighted by molar-refractivity contribution is 5.87. The summed E-state index contributed by atoms with van der Waals surface area (Å²) in [4.78, 5) is 20.2. The molecule has 168 valence electrons. The second kappa shape index (κ2) is 8.83. The molecule has 1 fully saturated rings. The molecule has 0 bridgehead atoms. The van der Waals surface area contributed by atoms with Crippen LogP contribution >= 0.6 is 0 Å². The summed E-state index contributed by atoms with van der Waals surface area (Å²) in [5.74, 6) is 1.47. The third kappa shape index (κ3) is 4.58. The van der Waals surface area contributed by atoms with E-state index >= 15 is 0 Å². The molecule has 0 saturated carbocycles. The fraction of sp³-hybridized carbons (Fsp3) is 0.542. The highest BCUT2D eigenvalue weighted by Gasteiger charge is 2.26. The van der Waals surface area contributed by atoms with Gasteiger partial charge in [-0.1, -0.05) is 0 Å². The summed E-state index contributed by atoms with van der Waals surface area (Å²) in [5, 5.41) is 9.31. The topological polar surface area (TPSA) is 92.8 Å². The molecule has 0 aromatic carbocycles. The van der Waals surface area contributed by atoms with Crippen molar-refractivity contribution in [2.75, 3.05) is 19.7 Å². The molecule has 0 radical (unpaired) electrons. The molecular formula is C24H31N7O. The quantitative estimate of drug-likeness (QED) is 0.603. The monoisotopic (exact) mass is 433 g/mol. The minimum atomic E-state index is 0.117. The van der Waals surface area contributed by atoms with Gasteiger partial charge in [-0.3, -0.25) is 4.90 Å². The van der Waals surface area contributed by atoms with Crippen LogP contribution in [0.25, 0.3) is 22.4 Å². The Morgan fingerprint density at radius 1 is 1.19 bits per heavy atom. The highest BCUT2D eigenvalue weighted by Crippen LogP contribution is 2.29. The van der Waals surface area contributed by atoms with E-state index in [9.17, 15) is 5.26 Å². The first-order valence-electron chi connectivity index (χ1n) is 11.2. The molecule has 0 unspecified atom stereocenters. The number of ether oxygens (including phenoxy) is 1. The van der Waals surface area contributed by atoms with E-state index in [0.717, 1.165) is 30.6 Å². The number of likely N-dealkylation sites (tertiary alicyclic amines) is 1. The van der Waals surface area contributed by atoms with E-state index in [1.54, 1.807) is 17.1 Å². The molecule has 3 aromatic rings. The van der Waals surface area contributed by atoms with Crippen molar-refractivity contribution in [1.82, 2.24) is 29.4 Å². The van der Waals surface area contributed by atoms with Crippen molar-refractivity contribution in [2.24, 2.45) is 13.0 Å². The number of nitrogens with zero attached hydrogens (tertiary/aromatic N) is 7. The van der Waals surface area contributed by atoms with Crippen LogP contribution in [0.4, 0.5) is 0 Å². The largest absolute Gasteiger partial charge is 0.477 e. The predicted molar refractivity (Wildman–Crippen MR) is 123 cm³/mol. The number of nitriles is 1.